The Hall–Kier alpha value is -2.90. The van der Waals surface area contributed by atoms with Gasteiger partial charge in [-0.1, -0.05) is 25.1 Å². The number of ether oxygens (including phenoxy) is 1. The minimum absolute atomic E-state index is 0.0584. The number of nitrogens with two attached hydrogens (primary N) is 1. The van der Waals surface area contributed by atoms with Crippen LogP contribution in [0.4, 0.5) is 11.4 Å². The third kappa shape index (κ3) is 4.16. The van der Waals surface area contributed by atoms with Crippen LogP contribution in [0.25, 0.3) is 23.2 Å². The molecule has 0 amide bonds. The molecule has 2 fully saturated rings. The molecule has 0 bridgehead atoms. The molecule has 31 heavy (non-hydrogen) atoms. The second kappa shape index (κ2) is 8.69. The molecular formula is C24H30N6O. The lowest BCUT2D eigenvalue weighted by Gasteiger charge is -2.22. The SMILES string of the molecule is CCN1CCN(c2ccc(/C=C/c3nn(C4CCCCO4)c4ncc(N)cc34)cc2)C1. The summed E-state index contributed by atoms with van der Waals surface area (Å²) in [5, 5.41) is 5.80. The zero-order valence-corrected chi connectivity index (χ0v) is 18.1. The first kappa shape index (κ1) is 20.0. The Bertz CT molecular complexity index is 1070. The van der Waals surface area contributed by atoms with Crippen LogP contribution in [-0.2, 0) is 4.74 Å². The van der Waals surface area contributed by atoms with Gasteiger partial charge in [0.25, 0.3) is 0 Å². The average molecular weight is 419 g/mol. The Labute approximate surface area is 183 Å². The molecule has 1 aromatic carbocycles. The normalized spacial score (nSPS) is 20.3. The summed E-state index contributed by atoms with van der Waals surface area (Å²) in [5.74, 6) is 0. The summed E-state index contributed by atoms with van der Waals surface area (Å²) in [6.45, 7) is 7.31. The van der Waals surface area contributed by atoms with Crippen molar-refractivity contribution in [3.05, 3.63) is 47.8 Å². The summed E-state index contributed by atoms with van der Waals surface area (Å²) in [6.07, 6.45) is 8.98. The number of rotatable bonds is 5. The van der Waals surface area contributed by atoms with Crippen molar-refractivity contribution >= 4 is 34.6 Å². The Morgan fingerprint density at radius 2 is 2.03 bits per heavy atom. The average Bonchev–Trinajstić information content (AvgIpc) is 3.43. The topological polar surface area (TPSA) is 72.4 Å². The van der Waals surface area contributed by atoms with E-state index >= 15 is 0 Å². The highest BCUT2D eigenvalue weighted by molar-refractivity contribution is 5.89. The molecule has 3 aromatic rings. The van der Waals surface area contributed by atoms with Crippen molar-refractivity contribution in [2.75, 3.05) is 43.5 Å². The molecule has 4 heterocycles. The molecule has 7 nitrogen and oxygen atoms in total. The van der Waals surface area contributed by atoms with Gasteiger partial charge in [-0.2, -0.15) is 5.10 Å². The molecule has 2 aromatic heterocycles. The number of pyridine rings is 1. The minimum atomic E-state index is -0.0584. The van der Waals surface area contributed by atoms with E-state index in [0.29, 0.717) is 5.69 Å². The standard InChI is InChI=1S/C24H30N6O/c1-2-28-12-13-29(17-28)20-9-6-18(7-10-20)8-11-22-21-15-19(25)16-26-24(21)30(27-22)23-5-3-4-14-31-23/h6-11,15-16,23H,2-5,12-14,17,25H2,1H3/b11-8+. The lowest BCUT2D eigenvalue weighted by atomic mass is 10.1. The molecule has 1 unspecified atom stereocenters. The van der Waals surface area contributed by atoms with E-state index in [1.165, 1.54) is 5.69 Å². The van der Waals surface area contributed by atoms with Crippen molar-refractivity contribution < 1.29 is 4.74 Å². The molecule has 0 saturated carbocycles. The van der Waals surface area contributed by atoms with Gasteiger partial charge in [0.1, 0.15) is 0 Å². The van der Waals surface area contributed by atoms with E-state index in [9.17, 15) is 0 Å². The van der Waals surface area contributed by atoms with Gasteiger partial charge in [0.2, 0.25) is 0 Å². The van der Waals surface area contributed by atoms with Crippen LogP contribution in [0, 0.1) is 0 Å². The van der Waals surface area contributed by atoms with E-state index in [1.54, 1.807) is 6.20 Å². The maximum Gasteiger partial charge on any atom is 0.161 e. The molecule has 2 saturated heterocycles. The van der Waals surface area contributed by atoms with E-state index in [2.05, 4.69) is 52.0 Å². The van der Waals surface area contributed by atoms with Crippen LogP contribution in [0.3, 0.4) is 0 Å². The first-order valence-corrected chi connectivity index (χ1v) is 11.2. The summed E-state index contributed by atoms with van der Waals surface area (Å²) >= 11 is 0. The summed E-state index contributed by atoms with van der Waals surface area (Å²) in [6, 6.07) is 10.7. The summed E-state index contributed by atoms with van der Waals surface area (Å²) in [5.41, 5.74) is 10.8. The molecular weight excluding hydrogens is 388 g/mol. The van der Waals surface area contributed by atoms with Gasteiger partial charge in [-0.3, -0.25) is 4.90 Å². The summed E-state index contributed by atoms with van der Waals surface area (Å²) < 4.78 is 7.87. The van der Waals surface area contributed by atoms with Gasteiger partial charge in [0.05, 0.1) is 24.2 Å². The van der Waals surface area contributed by atoms with Crippen LogP contribution in [0.5, 0.6) is 0 Å². The number of benzene rings is 1. The van der Waals surface area contributed by atoms with E-state index in [1.807, 2.05) is 16.8 Å². The van der Waals surface area contributed by atoms with Crippen molar-refractivity contribution in [3.8, 4) is 0 Å². The minimum Gasteiger partial charge on any atom is -0.397 e. The highest BCUT2D eigenvalue weighted by atomic mass is 16.5. The number of anilines is 2. The van der Waals surface area contributed by atoms with Gasteiger partial charge in [0.15, 0.2) is 11.9 Å². The molecule has 2 aliphatic rings. The summed E-state index contributed by atoms with van der Waals surface area (Å²) in [7, 11) is 0. The highest BCUT2D eigenvalue weighted by Crippen LogP contribution is 2.29. The monoisotopic (exact) mass is 418 g/mol. The van der Waals surface area contributed by atoms with Crippen molar-refractivity contribution in [1.82, 2.24) is 19.7 Å². The fourth-order valence-corrected chi connectivity index (χ4v) is 4.39. The van der Waals surface area contributed by atoms with Crippen LogP contribution in [0.1, 0.15) is 43.7 Å². The second-order valence-corrected chi connectivity index (χ2v) is 8.33. The molecule has 2 aliphatic heterocycles. The van der Waals surface area contributed by atoms with Gasteiger partial charge in [-0.05, 0) is 55.6 Å². The lowest BCUT2D eigenvalue weighted by Crippen LogP contribution is -2.24. The third-order valence-corrected chi connectivity index (χ3v) is 6.22. The highest BCUT2D eigenvalue weighted by Gasteiger charge is 2.21. The second-order valence-electron chi connectivity index (χ2n) is 8.33. The molecule has 0 radical (unpaired) electrons. The molecule has 5 rings (SSSR count). The van der Waals surface area contributed by atoms with Gasteiger partial charge in [-0.15, -0.1) is 0 Å². The Balaban J connectivity index is 1.39. The molecule has 7 heteroatoms. The quantitative estimate of drug-likeness (QED) is 0.676. The number of likely N-dealkylation sites (N-methyl/N-ethyl adjacent to an activating group) is 1. The van der Waals surface area contributed by atoms with Crippen molar-refractivity contribution in [2.45, 2.75) is 32.4 Å². The zero-order valence-electron chi connectivity index (χ0n) is 18.1. The third-order valence-electron chi connectivity index (χ3n) is 6.22. The molecule has 162 valence electrons. The van der Waals surface area contributed by atoms with Crippen LogP contribution in [0.2, 0.25) is 0 Å². The number of fused-ring (bicyclic) bond motifs is 1. The van der Waals surface area contributed by atoms with Gasteiger partial charge >= 0.3 is 0 Å². The number of nitrogens with zero attached hydrogens (tertiary/aromatic N) is 5. The predicted octanol–water partition coefficient (Wildman–Crippen LogP) is 3.98. The van der Waals surface area contributed by atoms with Crippen LogP contribution < -0.4 is 10.6 Å². The van der Waals surface area contributed by atoms with Crippen LogP contribution in [0.15, 0.2) is 36.5 Å². The number of nitrogen functional groups attached to an aromatic ring is 1. The van der Waals surface area contributed by atoms with Crippen LogP contribution in [-0.4, -0.2) is 52.6 Å². The maximum atomic E-state index is 6.02. The Kier molecular flexibility index (Phi) is 5.61. The predicted molar refractivity (Wildman–Crippen MR) is 126 cm³/mol. The van der Waals surface area contributed by atoms with E-state index in [-0.39, 0.29) is 6.23 Å². The Morgan fingerprint density at radius 1 is 1.16 bits per heavy atom. The lowest BCUT2D eigenvalue weighted by molar-refractivity contribution is -0.0370. The number of hydrogen-bond acceptors (Lipinski definition) is 6. The maximum absolute atomic E-state index is 6.02. The smallest absolute Gasteiger partial charge is 0.161 e. The van der Waals surface area contributed by atoms with E-state index in [0.717, 1.165) is 74.5 Å². The largest absolute Gasteiger partial charge is 0.397 e. The molecule has 1 atom stereocenters. The molecule has 2 N–H and O–H groups in total. The zero-order chi connectivity index (χ0) is 21.2. The van der Waals surface area contributed by atoms with Gasteiger partial charge in [0, 0.05) is 30.8 Å². The van der Waals surface area contributed by atoms with Crippen molar-refractivity contribution in [3.63, 3.8) is 0 Å². The van der Waals surface area contributed by atoms with Gasteiger partial charge < -0.3 is 15.4 Å². The summed E-state index contributed by atoms with van der Waals surface area (Å²) in [4.78, 5) is 9.42. The number of hydrogen-bond donors (Lipinski definition) is 1. The van der Waals surface area contributed by atoms with Crippen molar-refractivity contribution in [2.24, 2.45) is 0 Å². The Morgan fingerprint density at radius 3 is 2.77 bits per heavy atom. The number of aromatic nitrogens is 3. The molecule has 0 aliphatic carbocycles. The van der Waals surface area contributed by atoms with Crippen molar-refractivity contribution in [1.29, 1.82) is 0 Å². The first-order valence-electron chi connectivity index (χ1n) is 11.2. The van der Waals surface area contributed by atoms with E-state index < -0.39 is 0 Å². The fourth-order valence-electron chi connectivity index (χ4n) is 4.39. The van der Waals surface area contributed by atoms with Crippen LogP contribution >= 0.6 is 0 Å². The van der Waals surface area contributed by atoms with E-state index in [4.69, 9.17) is 15.6 Å². The molecule has 0 spiro atoms. The first-order chi connectivity index (χ1) is 15.2. The van der Waals surface area contributed by atoms with Gasteiger partial charge in [-0.25, -0.2) is 9.67 Å². The fraction of sp³-hybridized carbons (Fsp3) is 0.417.